The molecule has 0 bridgehead atoms. The molecule has 0 saturated carbocycles. The lowest BCUT2D eigenvalue weighted by atomic mass is 10.1. The number of rotatable bonds is 7. The molecule has 2 N–H and O–H groups in total. The van der Waals surface area contributed by atoms with Gasteiger partial charge in [-0.1, -0.05) is 0 Å². The highest BCUT2D eigenvalue weighted by Crippen LogP contribution is 2.35. The molecule has 0 aliphatic rings. The van der Waals surface area contributed by atoms with Crippen LogP contribution < -0.4 is 10.1 Å². The Kier molecular flexibility index (Phi) is 5.79. The number of aliphatic hydroxyl groups excluding tert-OH is 1. The van der Waals surface area contributed by atoms with Crippen LogP contribution in [-0.4, -0.2) is 23.6 Å². The summed E-state index contributed by atoms with van der Waals surface area (Å²) in [6.07, 6.45) is -3.88. The zero-order chi connectivity index (χ0) is 16.9. The third kappa shape index (κ3) is 5.07. The third-order valence-electron chi connectivity index (χ3n) is 2.96. The number of benzene rings is 1. The zero-order valence-corrected chi connectivity index (χ0v) is 12.7. The van der Waals surface area contributed by atoms with E-state index < -0.39 is 17.8 Å². The van der Waals surface area contributed by atoms with Gasteiger partial charge in [0.1, 0.15) is 18.1 Å². The van der Waals surface area contributed by atoms with Gasteiger partial charge in [-0.25, -0.2) is 0 Å². The van der Waals surface area contributed by atoms with Gasteiger partial charge in [0.15, 0.2) is 0 Å². The Balaban J connectivity index is 2.17. The highest BCUT2D eigenvalue weighted by Gasteiger charge is 2.31. The van der Waals surface area contributed by atoms with Gasteiger partial charge in [-0.2, -0.15) is 13.2 Å². The zero-order valence-electron chi connectivity index (χ0n) is 11.9. The maximum absolute atomic E-state index is 12.8. The van der Waals surface area contributed by atoms with E-state index in [1.807, 2.05) is 0 Å². The van der Waals surface area contributed by atoms with Gasteiger partial charge in [0.25, 0.3) is 0 Å². The van der Waals surface area contributed by atoms with Gasteiger partial charge in [0, 0.05) is 6.54 Å². The Morgan fingerprint density at radius 1 is 1.30 bits per heavy atom. The van der Waals surface area contributed by atoms with E-state index in [-0.39, 0.29) is 30.5 Å². The normalized spacial score (nSPS) is 12.9. The smallest absolute Gasteiger partial charge is 0.416 e. The molecule has 4 nitrogen and oxygen atoms in total. The molecule has 2 rings (SSSR count). The van der Waals surface area contributed by atoms with Gasteiger partial charge >= 0.3 is 6.18 Å². The van der Waals surface area contributed by atoms with Crippen molar-refractivity contribution < 1.29 is 27.4 Å². The molecule has 1 unspecified atom stereocenters. The second kappa shape index (κ2) is 7.61. The van der Waals surface area contributed by atoms with Crippen molar-refractivity contribution in [3.05, 3.63) is 47.9 Å². The number of alkyl halides is 4. The van der Waals surface area contributed by atoms with Gasteiger partial charge in [-0.3, -0.25) is 0 Å². The second-order valence-electron chi connectivity index (χ2n) is 4.77. The van der Waals surface area contributed by atoms with Crippen molar-refractivity contribution in [1.82, 2.24) is 0 Å². The Labute approximate surface area is 135 Å². The van der Waals surface area contributed by atoms with Crippen molar-refractivity contribution in [3.8, 4) is 5.75 Å². The van der Waals surface area contributed by atoms with Gasteiger partial charge in [0.2, 0.25) is 0 Å². The molecule has 0 radical (unpaired) electrons. The number of anilines is 1. The summed E-state index contributed by atoms with van der Waals surface area (Å²) in [6.45, 7) is 0.0764. The average Bonchev–Trinajstić information content (AvgIpc) is 3.03. The molecule has 1 aromatic heterocycles. The van der Waals surface area contributed by atoms with E-state index in [0.29, 0.717) is 5.76 Å². The largest absolute Gasteiger partial charge is 0.483 e. The molecule has 126 valence electrons. The molecule has 0 spiro atoms. The summed E-state index contributed by atoms with van der Waals surface area (Å²) in [7, 11) is 0. The SMILES string of the molecule is OC(CCl)CNc1cc(C(F)(F)F)ccc1OCc1ccco1. The summed E-state index contributed by atoms with van der Waals surface area (Å²) in [5, 5.41) is 12.2. The lowest BCUT2D eigenvalue weighted by Crippen LogP contribution is -2.21. The van der Waals surface area contributed by atoms with Gasteiger partial charge in [-0.05, 0) is 30.3 Å². The quantitative estimate of drug-likeness (QED) is 0.745. The standard InChI is InChI=1S/C15H15ClF3NO3/c16-7-11(21)8-20-13-6-10(15(17,18)19)3-4-14(13)23-9-12-2-1-5-22-12/h1-6,11,20-21H,7-9H2. The van der Waals surface area contributed by atoms with Crippen LogP contribution in [0.3, 0.4) is 0 Å². The predicted molar refractivity (Wildman–Crippen MR) is 79.7 cm³/mol. The first-order valence-electron chi connectivity index (χ1n) is 6.74. The molecule has 1 atom stereocenters. The van der Waals surface area contributed by atoms with Crippen LogP contribution in [0.25, 0.3) is 0 Å². The Hall–Kier alpha value is -1.86. The van der Waals surface area contributed by atoms with E-state index in [1.54, 1.807) is 12.1 Å². The van der Waals surface area contributed by atoms with Gasteiger partial charge < -0.3 is 19.6 Å². The fourth-order valence-corrected chi connectivity index (χ4v) is 1.91. The molecular weight excluding hydrogens is 335 g/mol. The fraction of sp³-hybridized carbons (Fsp3) is 0.333. The van der Waals surface area contributed by atoms with Crippen LogP contribution in [0.5, 0.6) is 5.75 Å². The van der Waals surface area contributed by atoms with Crippen LogP contribution >= 0.6 is 11.6 Å². The number of nitrogens with one attached hydrogen (secondary N) is 1. The van der Waals surface area contributed by atoms with Crippen LogP contribution in [0.2, 0.25) is 0 Å². The van der Waals surface area contributed by atoms with E-state index in [0.717, 1.165) is 12.1 Å². The number of hydrogen-bond donors (Lipinski definition) is 2. The third-order valence-corrected chi connectivity index (χ3v) is 3.32. The predicted octanol–water partition coefficient (Wildman–Crippen LogP) is 3.89. The minimum Gasteiger partial charge on any atom is -0.483 e. The summed E-state index contributed by atoms with van der Waals surface area (Å²) in [5.41, 5.74) is -0.693. The molecule has 1 heterocycles. The molecule has 0 fully saturated rings. The lowest BCUT2D eigenvalue weighted by molar-refractivity contribution is -0.137. The van der Waals surface area contributed by atoms with Crippen LogP contribution in [0.15, 0.2) is 41.0 Å². The first kappa shape index (κ1) is 17.5. The van der Waals surface area contributed by atoms with Crippen molar-refractivity contribution in [3.63, 3.8) is 0 Å². The van der Waals surface area contributed by atoms with Gasteiger partial charge in [-0.15, -0.1) is 11.6 Å². The van der Waals surface area contributed by atoms with Crippen molar-refractivity contribution in [2.24, 2.45) is 0 Å². The lowest BCUT2D eigenvalue weighted by Gasteiger charge is -2.16. The fourth-order valence-electron chi connectivity index (χ4n) is 1.80. The summed E-state index contributed by atoms with van der Waals surface area (Å²) in [5.74, 6) is 0.724. The summed E-state index contributed by atoms with van der Waals surface area (Å²) in [6, 6.07) is 6.45. The molecule has 8 heteroatoms. The van der Waals surface area contributed by atoms with Crippen LogP contribution in [0.1, 0.15) is 11.3 Å². The topological polar surface area (TPSA) is 54.6 Å². The Morgan fingerprint density at radius 3 is 2.70 bits per heavy atom. The second-order valence-corrected chi connectivity index (χ2v) is 5.07. The molecule has 0 amide bonds. The first-order chi connectivity index (χ1) is 10.9. The van der Waals surface area contributed by atoms with Crippen LogP contribution in [0.4, 0.5) is 18.9 Å². The van der Waals surface area contributed by atoms with Crippen LogP contribution in [0, 0.1) is 0 Å². The minimum atomic E-state index is -4.47. The molecule has 2 aromatic rings. The molecule has 0 aliphatic heterocycles. The number of halogens is 4. The molecule has 0 saturated heterocycles. The maximum Gasteiger partial charge on any atom is 0.416 e. The molecule has 0 aliphatic carbocycles. The van der Waals surface area contributed by atoms with Crippen molar-refractivity contribution in [2.75, 3.05) is 17.7 Å². The summed E-state index contributed by atoms with van der Waals surface area (Å²) in [4.78, 5) is 0. The number of hydrogen-bond acceptors (Lipinski definition) is 4. The average molecular weight is 350 g/mol. The molecule has 23 heavy (non-hydrogen) atoms. The van der Waals surface area contributed by atoms with E-state index in [1.165, 1.54) is 12.3 Å². The van der Waals surface area contributed by atoms with E-state index in [4.69, 9.17) is 20.8 Å². The van der Waals surface area contributed by atoms with Crippen molar-refractivity contribution in [1.29, 1.82) is 0 Å². The number of furan rings is 1. The van der Waals surface area contributed by atoms with Crippen molar-refractivity contribution >= 4 is 17.3 Å². The Morgan fingerprint density at radius 2 is 2.09 bits per heavy atom. The highest BCUT2D eigenvalue weighted by atomic mass is 35.5. The minimum absolute atomic E-state index is 0.00191. The molecule has 1 aromatic carbocycles. The first-order valence-corrected chi connectivity index (χ1v) is 7.28. The van der Waals surface area contributed by atoms with Crippen molar-refractivity contribution in [2.45, 2.75) is 18.9 Å². The number of aliphatic hydroxyl groups is 1. The summed E-state index contributed by atoms with van der Waals surface area (Å²) >= 11 is 5.48. The van der Waals surface area contributed by atoms with E-state index in [2.05, 4.69) is 5.32 Å². The number of ether oxygens (including phenoxy) is 1. The van der Waals surface area contributed by atoms with E-state index in [9.17, 15) is 18.3 Å². The highest BCUT2D eigenvalue weighted by molar-refractivity contribution is 6.18. The maximum atomic E-state index is 12.8. The van der Waals surface area contributed by atoms with Crippen LogP contribution in [-0.2, 0) is 12.8 Å². The Bertz CT molecular complexity index is 617. The monoisotopic (exact) mass is 349 g/mol. The van der Waals surface area contributed by atoms with Gasteiger partial charge in [0.05, 0.1) is 29.5 Å². The summed E-state index contributed by atoms with van der Waals surface area (Å²) < 4.78 is 49.0. The van der Waals surface area contributed by atoms with E-state index >= 15 is 0 Å². The molecular formula is C15H15ClF3NO3.